The molecule has 1 atom stereocenters. The van der Waals surface area contributed by atoms with Gasteiger partial charge in [0.15, 0.2) is 5.78 Å². The fraction of sp³-hybridized carbons (Fsp3) is 0.700. The summed E-state index contributed by atoms with van der Waals surface area (Å²) in [5, 5.41) is 0. The minimum absolute atomic E-state index is 0.0466. The van der Waals surface area contributed by atoms with E-state index in [4.69, 9.17) is 13.3 Å². The van der Waals surface area contributed by atoms with Crippen molar-refractivity contribution in [2.24, 2.45) is 0 Å². The zero-order valence-electron chi connectivity index (χ0n) is 10.1. The van der Waals surface area contributed by atoms with Gasteiger partial charge in [0.25, 0.3) is 0 Å². The lowest BCUT2D eigenvalue weighted by Gasteiger charge is -2.30. The summed E-state index contributed by atoms with van der Waals surface area (Å²) in [6.07, 6.45) is 0.618. The number of carbonyl (C=O) groups is 1. The first kappa shape index (κ1) is 14.5. The van der Waals surface area contributed by atoms with Crippen LogP contribution in [-0.2, 0) is 18.1 Å². The summed E-state index contributed by atoms with van der Waals surface area (Å²) >= 11 is 0. The van der Waals surface area contributed by atoms with Crippen molar-refractivity contribution in [2.75, 3.05) is 21.3 Å². The van der Waals surface area contributed by atoms with Gasteiger partial charge >= 0.3 is 8.80 Å². The molecule has 0 aromatic rings. The second kappa shape index (κ2) is 6.17. The van der Waals surface area contributed by atoms with E-state index < -0.39 is 8.80 Å². The largest absolute Gasteiger partial charge is 0.511 e. The smallest absolute Gasteiger partial charge is 0.376 e. The van der Waals surface area contributed by atoms with E-state index in [9.17, 15) is 4.79 Å². The fourth-order valence-electron chi connectivity index (χ4n) is 1.57. The highest BCUT2D eigenvalue weighted by molar-refractivity contribution is 6.67. The third-order valence-corrected chi connectivity index (χ3v) is 5.66. The van der Waals surface area contributed by atoms with E-state index >= 15 is 0 Å². The second-order valence-electron chi connectivity index (χ2n) is 3.32. The maximum absolute atomic E-state index is 11.9. The molecular weight excluding hydrogens is 212 g/mol. The molecule has 0 bridgehead atoms. The summed E-state index contributed by atoms with van der Waals surface area (Å²) in [5.74, 6) is -0.0466. The Balaban J connectivity index is 5.06. The number of hydrogen-bond acceptors (Lipinski definition) is 4. The molecular formula is C10H20O4Si. The van der Waals surface area contributed by atoms with Crippen LogP contribution in [0.2, 0.25) is 5.54 Å². The van der Waals surface area contributed by atoms with Crippen LogP contribution in [0, 0.1) is 0 Å². The van der Waals surface area contributed by atoms with Gasteiger partial charge in [0.05, 0.1) is 5.54 Å². The summed E-state index contributed by atoms with van der Waals surface area (Å²) in [6.45, 7) is 7.24. The van der Waals surface area contributed by atoms with E-state index in [0.717, 1.165) is 0 Å². The first-order valence-electron chi connectivity index (χ1n) is 4.84. The zero-order valence-corrected chi connectivity index (χ0v) is 11.1. The number of carbonyl (C=O) groups excluding carboxylic acids is 1. The van der Waals surface area contributed by atoms with E-state index in [2.05, 4.69) is 6.58 Å². The Morgan fingerprint density at radius 3 is 1.87 bits per heavy atom. The number of rotatable bonds is 7. The minimum atomic E-state index is -2.88. The molecule has 15 heavy (non-hydrogen) atoms. The van der Waals surface area contributed by atoms with Gasteiger partial charge in [0.2, 0.25) is 0 Å². The molecule has 1 unspecified atom stereocenters. The first-order valence-corrected chi connectivity index (χ1v) is 6.64. The highest BCUT2D eigenvalue weighted by Crippen LogP contribution is 2.30. The van der Waals surface area contributed by atoms with Crippen molar-refractivity contribution >= 4 is 14.6 Å². The van der Waals surface area contributed by atoms with Gasteiger partial charge in [-0.05, 0) is 18.9 Å². The summed E-state index contributed by atoms with van der Waals surface area (Å²) < 4.78 is 15.9. The number of allylic oxidation sites excluding steroid dienone is 1. The Morgan fingerprint density at radius 2 is 1.67 bits per heavy atom. The Labute approximate surface area is 92.6 Å². The predicted octanol–water partition coefficient (Wildman–Crippen LogP) is 1.79. The van der Waals surface area contributed by atoms with Crippen LogP contribution < -0.4 is 0 Å². The van der Waals surface area contributed by atoms with Crippen molar-refractivity contribution in [3.8, 4) is 0 Å². The molecule has 0 N–H and O–H groups in total. The molecule has 0 spiro atoms. The van der Waals surface area contributed by atoms with Crippen molar-refractivity contribution in [2.45, 2.75) is 25.8 Å². The second-order valence-corrected chi connectivity index (χ2v) is 6.45. The van der Waals surface area contributed by atoms with Crippen molar-refractivity contribution < 1.29 is 18.1 Å². The third-order valence-electron chi connectivity index (χ3n) is 2.43. The van der Waals surface area contributed by atoms with Crippen molar-refractivity contribution in [1.29, 1.82) is 0 Å². The van der Waals surface area contributed by atoms with E-state index in [1.54, 1.807) is 6.92 Å². The summed E-state index contributed by atoms with van der Waals surface area (Å²) in [7, 11) is 1.64. The highest BCUT2D eigenvalue weighted by Gasteiger charge is 2.50. The lowest BCUT2D eigenvalue weighted by atomic mass is 10.1. The molecule has 0 aliphatic carbocycles. The lowest BCUT2D eigenvalue weighted by Crippen LogP contribution is -2.50. The molecule has 0 rings (SSSR count). The molecule has 0 saturated heterocycles. The molecule has 5 heteroatoms. The fourth-order valence-corrected chi connectivity index (χ4v) is 3.99. The monoisotopic (exact) mass is 232 g/mol. The Hall–Kier alpha value is -0.493. The maximum atomic E-state index is 11.9. The van der Waals surface area contributed by atoms with Crippen LogP contribution >= 0.6 is 0 Å². The van der Waals surface area contributed by atoms with E-state index in [1.165, 1.54) is 21.3 Å². The first-order chi connectivity index (χ1) is 6.98. The van der Waals surface area contributed by atoms with E-state index in [-0.39, 0.29) is 11.3 Å². The Bertz CT molecular complexity index is 227. The van der Waals surface area contributed by atoms with Crippen LogP contribution in [0.5, 0.6) is 0 Å². The van der Waals surface area contributed by atoms with Gasteiger partial charge in [0.1, 0.15) is 0 Å². The summed E-state index contributed by atoms with van der Waals surface area (Å²) in [4.78, 5) is 11.9. The third kappa shape index (κ3) is 2.98. The molecule has 0 radical (unpaired) electrons. The molecule has 0 aromatic carbocycles. The lowest BCUT2D eigenvalue weighted by molar-refractivity contribution is -0.116. The highest BCUT2D eigenvalue weighted by atomic mass is 28.4. The standard InChI is InChI=1S/C10H20O4Si/c1-7-9(10(11)8(2)3)15(12-4,13-5)14-6/h9H,2,7H2,1,3-6H3. The average molecular weight is 232 g/mol. The molecule has 88 valence electrons. The maximum Gasteiger partial charge on any atom is 0.511 e. The molecule has 0 heterocycles. The van der Waals surface area contributed by atoms with E-state index in [1.807, 2.05) is 6.92 Å². The predicted molar refractivity (Wildman–Crippen MR) is 60.6 cm³/mol. The molecule has 0 fully saturated rings. The molecule has 0 aliphatic rings. The van der Waals surface area contributed by atoms with Crippen molar-refractivity contribution in [1.82, 2.24) is 0 Å². The van der Waals surface area contributed by atoms with Crippen molar-refractivity contribution in [3.63, 3.8) is 0 Å². The van der Waals surface area contributed by atoms with Gasteiger partial charge in [-0.15, -0.1) is 0 Å². The van der Waals surface area contributed by atoms with Crippen LogP contribution in [0.1, 0.15) is 20.3 Å². The molecule has 0 amide bonds. The van der Waals surface area contributed by atoms with Gasteiger partial charge < -0.3 is 13.3 Å². The van der Waals surface area contributed by atoms with Gasteiger partial charge in [-0.1, -0.05) is 13.5 Å². The summed E-state index contributed by atoms with van der Waals surface area (Å²) in [5.41, 5.74) is 0.139. The quantitative estimate of drug-likeness (QED) is 0.496. The normalized spacial score (nSPS) is 13.7. The zero-order chi connectivity index (χ0) is 12.1. The molecule has 0 aromatic heterocycles. The van der Waals surface area contributed by atoms with Gasteiger partial charge in [-0.25, -0.2) is 0 Å². The van der Waals surface area contributed by atoms with Gasteiger partial charge in [0, 0.05) is 21.3 Å². The van der Waals surface area contributed by atoms with E-state index in [0.29, 0.717) is 12.0 Å². The van der Waals surface area contributed by atoms with Crippen LogP contribution in [0.4, 0.5) is 0 Å². The van der Waals surface area contributed by atoms with Crippen molar-refractivity contribution in [3.05, 3.63) is 12.2 Å². The minimum Gasteiger partial charge on any atom is -0.376 e. The van der Waals surface area contributed by atoms with Crippen LogP contribution in [0.15, 0.2) is 12.2 Å². The molecule has 0 saturated carbocycles. The number of Topliss-reactive ketones (excluding diaryl/α,β-unsaturated/α-hetero) is 1. The summed E-state index contributed by atoms with van der Waals surface area (Å²) in [6, 6.07) is 0. The average Bonchev–Trinajstić information content (AvgIpc) is 2.25. The number of hydrogen-bond donors (Lipinski definition) is 0. The molecule has 4 nitrogen and oxygen atoms in total. The Morgan fingerprint density at radius 1 is 1.27 bits per heavy atom. The molecule has 0 aliphatic heterocycles. The van der Waals surface area contributed by atoms with Crippen LogP contribution in [-0.4, -0.2) is 35.9 Å². The SMILES string of the molecule is C=C(C)C(=O)C(CC)[Si](OC)(OC)OC. The number of ketones is 1. The topological polar surface area (TPSA) is 44.8 Å². The van der Waals surface area contributed by atoms with Gasteiger partial charge in [-0.3, -0.25) is 4.79 Å². The van der Waals surface area contributed by atoms with Gasteiger partial charge in [-0.2, -0.15) is 0 Å². The van der Waals surface area contributed by atoms with Crippen LogP contribution in [0.3, 0.4) is 0 Å². The van der Waals surface area contributed by atoms with Crippen LogP contribution in [0.25, 0.3) is 0 Å². The Kier molecular flexibility index (Phi) is 5.97.